The van der Waals surface area contributed by atoms with E-state index in [0.29, 0.717) is 36.2 Å². The van der Waals surface area contributed by atoms with Crippen LogP contribution in [0.5, 0.6) is 0 Å². The van der Waals surface area contributed by atoms with Gasteiger partial charge in [-0.25, -0.2) is 4.98 Å². The van der Waals surface area contributed by atoms with E-state index in [9.17, 15) is 15.0 Å². The Balaban J connectivity index is 1.49. The highest BCUT2D eigenvalue weighted by molar-refractivity contribution is 6.42. The number of amides is 1. The van der Waals surface area contributed by atoms with E-state index in [1.165, 1.54) is 0 Å². The summed E-state index contributed by atoms with van der Waals surface area (Å²) in [7, 11) is 0. The summed E-state index contributed by atoms with van der Waals surface area (Å²) in [6, 6.07) is 25.0. The number of primary amides is 1. The van der Waals surface area contributed by atoms with Crippen LogP contribution < -0.4 is 16.0 Å². The van der Waals surface area contributed by atoms with Gasteiger partial charge in [0.1, 0.15) is 5.82 Å². The van der Waals surface area contributed by atoms with Crippen LogP contribution in [0.4, 0.5) is 5.69 Å². The summed E-state index contributed by atoms with van der Waals surface area (Å²) in [4.78, 5) is 23.6. The molecule has 5 N–H and O–H groups in total. The maximum absolute atomic E-state index is 12.1. The molecule has 234 valence electrons. The van der Waals surface area contributed by atoms with Gasteiger partial charge in [0.15, 0.2) is 0 Å². The van der Waals surface area contributed by atoms with Crippen molar-refractivity contribution in [2.75, 3.05) is 31.2 Å². The molecule has 11 heteroatoms. The molecule has 0 saturated carbocycles. The molecular weight excluding hydrogens is 611 g/mol. The number of aromatic nitrogens is 3. The Morgan fingerprint density at radius 3 is 2.40 bits per heavy atom. The van der Waals surface area contributed by atoms with Gasteiger partial charge in [0.05, 0.1) is 34.3 Å². The van der Waals surface area contributed by atoms with E-state index < -0.39 is 5.91 Å². The lowest BCUT2D eigenvalue weighted by atomic mass is 10.0. The molecule has 0 aliphatic heterocycles. The Bertz CT molecular complexity index is 1720. The van der Waals surface area contributed by atoms with Gasteiger partial charge in [-0.15, -0.1) is 0 Å². The highest BCUT2D eigenvalue weighted by Gasteiger charge is 2.19. The van der Waals surface area contributed by atoms with Gasteiger partial charge in [0.2, 0.25) is 5.91 Å². The van der Waals surface area contributed by atoms with Crippen LogP contribution in [-0.4, -0.2) is 57.0 Å². The zero-order valence-corrected chi connectivity index (χ0v) is 26.3. The van der Waals surface area contributed by atoms with Crippen LogP contribution in [0.3, 0.4) is 0 Å². The quantitative estimate of drug-likeness (QED) is 0.124. The first-order valence-corrected chi connectivity index (χ1v) is 15.5. The van der Waals surface area contributed by atoms with E-state index in [-0.39, 0.29) is 25.7 Å². The first-order chi connectivity index (χ1) is 21.9. The van der Waals surface area contributed by atoms with Crippen molar-refractivity contribution in [2.45, 2.75) is 32.0 Å². The standard InChI is InChI=1S/C34H36Cl2N6O3/c35-28-10-4-23(19-29(28)36)22-39-30(21-33(37)45)25-7-11-32-31(20-25)40-34(42(32)14-12-26-3-1-2-13-38-26)24-5-8-27(9-6-24)41(15-17-43)16-18-44/h1-11,13,19-20,30,39,43-44H,12,14-18,21-22H2,(H2,37,45). The number of hydrogen-bond donors (Lipinski definition) is 4. The number of pyridine rings is 1. The molecule has 0 aliphatic rings. The fourth-order valence-corrected chi connectivity index (χ4v) is 5.74. The van der Waals surface area contributed by atoms with Crippen LogP contribution in [-0.2, 0) is 24.3 Å². The van der Waals surface area contributed by atoms with E-state index in [2.05, 4.69) is 14.9 Å². The summed E-state index contributed by atoms with van der Waals surface area (Å²) in [6.07, 6.45) is 2.62. The van der Waals surface area contributed by atoms with Gasteiger partial charge in [-0.3, -0.25) is 9.78 Å². The van der Waals surface area contributed by atoms with Crippen LogP contribution in [0.15, 0.2) is 85.1 Å². The predicted molar refractivity (Wildman–Crippen MR) is 179 cm³/mol. The average molecular weight is 648 g/mol. The van der Waals surface area contributed by atoms with Gasteiger partial charge >= 0.3 is 0 Å². The first kappa shape index (κ1) is 32.4. The fraction of sp³-hybridized carbons (Fsp3) is 0.265. The summed E-state index contributed by atoms with van der Waals surface area (Å²) in [5, 5.41) is 23.3. The van der Waals surface area contributed by atoms with Crippen LogP contribution in [0.2, 0.25) is 10.0 Å². The number of aryl methyl sites for hydroxylation is 2. The lowest BCUT2D eigenvalue weighted by Gasteiger charge is -2.23. The van der Waals surface area contributed by atoms with Gasteiger partial charge in [0, 0.05) is 68.2 Å². The lowest BCUT2D eigenvalue weighted by molar-refractivity contribution is -0.118. The molecule has 9 nitrogen and oxygen atoms in total. The molecule has 45 heavy (non-hydrogen) atoms. The average Bonchev–Trinajstić information content (AvgIpc) is 3.41. The van der Waals surface area contributed by atoms with Crippen molar-refractivity contribution in [3.63, 3.8) is 0 Å². The van der Waals surface area contributed by atoms with Crippen molar-refractivity contribution in [2.24, 2.45) is 5.73 Å². The molecule has 0 saturated heterocycles. The van der Waals surface area contributed by atoms with E-state index in [4.69, 9.17) is 33.9 Å². The summed E-state index contributed by atoms with van der Waals surface area (Å²) in [6.45, 7) is 1.96. The number of halogens is 2. The number of aliphatic hydroxyl groups is 2. The van der Waals surface area contributed by atoms with Gasteiger partial charge in [0.25, 0.3) is 0 Å². The van der Waals surface area contributed by atoms with Crippen molar-refractivity contribution in [3.05, 3.63) is 112 Å². The second-order valence-corrected chi connectivity index (χ2v) is 11.6. The summed E-state index contributed by atoms with van der Waals surface area (Å²) >= 11 is 12.3. The Morgan fingerprint density at radius 1 is 0.956 bits per heavy atom. The molecule has 0 bridgehead atoms. The van der Waals surface area contributed by atoms with Gasteiger partial charge in [-0.2, -0.15) is 0 Å². The molecule has 3 aromatic carbocycles. The molecule has 5 aromatic rings. The molecule has 1 atom stereocenters. The Hall–Kier alpha value is -3.99. The fourth-order valence-electron chi connectivity index (χ4n) is 5.42. The van der Waals surface area contributed by atoms with Crippen LogP contribution in [0.25, 0.3) is 22.4 Å². The second kappa shape index (κ2) is 15.3. The van der Waals surface area contributed by atoms with Gasteiger partial charge in [-0.05, 0) is 71.8 Å². The third kappa shape index (κ3) is 8.19. The van der Waals surface area contributed by atoms with Crippen LogP contribution in [0.1, 0.15) is 29.3 Å². The van der Waals surface area contributed by atoms with Gasteiger partial charge < -0.3 is 30.7 Å². The smallest absolute Gasteiger partial charge is 0.219 e. The highest BCUT2D eigenvalue weighted by atomic mass is 35.5. The van der Waals surface area contributed by atoms with Crippen LogP contribution in [0, 0.1) is 0 Å². The number of nitrogens with zero attached hydrogens (tertiary/aromatic N) is 4. The SMILES string of the molecule is NC(=O)CC(NCc1ccc(Cl)c(Cl)c1)c1ccc2c(c1)nc(-c1ccc(N(CCO)CCO)cc1)n2CCc1ccccn1. The minimum atomic E-state index is -0.417. The van der Waals surface area contributed by atoms with E-state index >= 15 is 0 Å². The molecule has 0 fully saturated rings. The number of anilines is 1. The number of rotatable bonds is 15. The van der Waals surface area contributed by atoms with Gasteiger partial charge in [-0.1, -0.05) is 41.4 Å². The zero-order valence-electron chi connectivity index (χ0n) is 24.7. The van der Waals surface area contributed by atoms with E-state index in [1.54, 1.807) is 18.3 Å². The Kier molecular flexibility index (Phi) is 11.0. The normalized spacial score (nSPS) is 12.0. The van der Waals surface area contributed by atoms with Crippen molar-refractivity contribution >= 4 is 45.8 Å². The molecule has 0 aliphatic carbocycles. The number of aliphatic hydroxyl groups excluding tert-OH is 2. The molecule has 2 aromatic heterocycles. The molecule has 1 amide bonds. The number of nitrogens with two attached hydrogens (primary N) is 1. The van der Waals surface area contributed by atoms with Crippen molar-refractivity contribution in [1.29, 1.82) is 0 Å². The zero-order chi connectivity index (χ0) is 31.8. The maximum atomic E-state index is 12.1. The predicted octanol–water partition coefficient (Wildman–Crippen LogP) is 5.15. The number of carbonyl (C=O) groups excluding carboxylic acids is 1. The third-order valence-electron chi connectivity index (χ3n) is 7.66. The van der Waals surface area contributed by atoms with E-state index in [1.807, 2.05) is 71.6 Å². The topological polar surface area (TPSA) is 130 Å². The summed E-state index contributed by atoms with van der Waals surface area (Å²) in [5.41, 5.74) is 12.0. The number of hydrogen-bond acceptors (Lipinski definition) is 7. The first-order valence-electron chi connectivity index (χ1n) is 14.8. The van der Waals surface area contributed by atoms with Crippen molar-refractivity contribution in [1.82, 2.24) is 19.9 Å². The molecule has 1 unspecified atom stereocenters. The molecular formula is C34H36Cl2N6O3. The Morgan fingerprint density at radius 2 is 1.73 bits per heavy atom. The second-order valence-electron chi connectivity index (χ2n) is 10.7. The molecule has 2 heterocycles. The highest BCUT2D eigenvalue weighted by Crippen LogP contribution is 2.30. The molecule has 0 spiro atoms. The molecule has 5 rings (SSSR count). The lowest BCUT2D eigenvalue weighted by Crippen LogP contribution is -2.29. The third-order valence-corrected chi connectivity index (χ3v) is 8.40. The number of benzene rings is 3. The number of fused-ring (bicyclic) bond motifs is 1. The number of nitrogens with one attached hydrogen (secondary N) is 1. The monoisotopic (exact) mass is 646 g/mol. The van der Waals surface area contributed by atoms with E-state index in [0.717, 1.165) is 51.4 Å². The van der Waals surface area contributed by atoms with Crippen molar-refractivity contribution < 1.29 is 15.0 Å². The maximum Gasteiger partial charge on any atom is 0.219 e. The summed E-state index contributed by atoms with van der Waals surface area (Å²) < 4.78 is 2.19. The largest absolute Gasteiger partial charge is 0.395 e. The van der Waals surface area contributed by atoms with Crippen molar-refractivity contribution in [3.8, 4) is 11.4 Å². The minimum Gasteiger partial charge on any atom is -0.395 e. The summed E-state index contributed by atoms with van der Waals surface area (Å²) in [5.74, 6) is 0.385. The minimum absolute atomic E-state index is 0.00749. The molecule has 0 radical (unpaired) electrons. The Labute approximate surface area is 272 Å². The number of imidazole rings is 1. The van der Waals surface area contributed by atoms with Crippen LogP contribution >= 0.6 is 23.2 Å². The number of carbonyl (C=O) groups is 1.